The SMILES string of the molecule is N#Cc1nc(-c2ccc(S(=O)(=O)N3CCCCCC3)cc2)oc1NCCN1CCOCC1. The summed E-state index contributed by atoms with van der Waals surface area (Å²) in [5.41, 5.74) is 0.806. The highest BCUT2D eigenvalue weighted by molar-refractivity contribution is 7.89. The molecule has 1 aromatic carbocycles. The zero-order valence-electron chi connectivity index (χ0n) is 18.1. The number of anilines is 1. The molecule has 4 rings (SSSR count). The number of rotatable bonds is 7. The Labute approximate surface area is 189 Å². The van der Waals surface area contributed by atoms with Gasteiger partial charge in [0, 0.05) is 44.8 Å². The summed E-state index contributed by atoms with van der Waals surface area (Å²) >= 11 is 0. The summed E-state index contributed by atoms with van der Waals surface area (Å²) in [5.74, 6) is 0.617. The number of oxazole rings is 1. The summed E-state index contributed by atoms with van der Waals surface area (Å²) in [4.78, 5) is 6.82. The van der Waals surface area contributed by atoms with E-state index < -0.39 is 10.0 Å². The first-order valence-corrected chi connectivity index (χ1v) is 12.6. The number of hydrogen-bond donors (Lipinski definition) is 1. The van der Waals surface area contributed by atoms with Gasteiger partial charge in [0.05, 0.1) is 18.1 Å². The first kappa shape index (κ1) is 22.7. The molecule has 0 spiro atoms. The highest BCUT2D eigenvalue weighted by atomic mass is 32.2. The molecular formula is C22H29N5O4S. The van der Waals surface area contributed by atoms with Crippen molar-refractivity contribution in [1.29, 1.82) is 5.26 Å². The molecule has 1 N–H and O–H groups in total. The third-order valence-corrected chi connectivity index (χ3v) is 7.77. The minimum atomic E-state index is -3.51. The number of sulfonamides is 1. The maximum absolute atomic E-state index is 13.0. The van der Waals surface area contributed by atoms with E-state index in [1.54, 1.807) is 28.6 Å². The molecule has 9 nitrogen and oxygen atoms in total. The third-order valence-electron chi connectivity index (χ3n) is 5.85. The Balaban J connectivity index is 1.43. The van der Waals surface area contributed by atoms with Crippen LogP contribution in [0.1, 0.15) is 31.4 Å². The average Bonchev–Trinajstić information content (AvgIpc) is 3.03. The normalized spacial score (nSPS) is 18.7. The molecule has 2 aliphatic rings. The summed E-state index contributed by atoms with van der Waals surface area (Å²) in [7, 11) is -3.51. The molecule has 2 saturated heterocycles. The van der Waals surface area contributed by atoms with Gasteiger partial charge in [-0.15, -0.1) is 0 Å². The lowest BCUT2D eigenvalue weighted by Crippen LogP contribution is -2.39. The smallest absolute Gasteiger partial charge is 0.243 e. The number of ether oxygens (including phenoxy) is 1. The largest absolute Gasteiger partial charge is 0.419 e. The second-order valence-electron chi connectivity index (χ2n) is 8.03. The lowest BCUT2D eigenvalue weighted by Gasteiger charge is -2.26. The predicted molar refractivity (Wildman–Crippen MR) is 120 cm³/mol. The van der Waals surface area contributed by atoms with E-state index >= 15 is 0 Å². The molecule has 0 aliphatic carbocycles. The van der Waals surface area contributed by atoms with Gasteiger partial charge in [-0.25, -0.2) is 8.42 Å². The number of nitriles is 1. The second-order valence-corrected chi connectivity index (χ2v) is 9.97. The van der Waals surface area contributed by atoms with Crippen LogP contribution in [0.25, 0.3) is 11.5 Å². The molecule has 0 radical (unpaired) electrons. The molecular weight excluding hydrogens is 430 g/mol. The van der Waals surface area contributed by atoms with Crippen LogP contribution in [0.2, 0.25) is 0 Å². The van der Waals surface area contributed by atoms with Gasteiger partial charge in [-0.2, -0.15) is 14.6 Å². The summed E-state index contributed by atoms with van der Waals surface area (Å²) in [6.45, 7) is 5.81. The maximum Gasteiger partial charge on any atom is 0.243 e. The van der Waals surface area contributed by atoms with Crippen molar-refractivity contribution in [2.45, 2.75) is 30.6 Å². The second kappa shape index (κ2) is 10.4. The van der Waals surface area contributed by atoms with Crippen LogP contribution in [0, 0.1) is 11.3 Å². The van der Waals surface area contributed by atoms with Gasteiger partial charge < -0.3 is 14.5 Å². The Morgan fingerprint density at radius 3 is 2.38 bits per heavy atom. The number of hydrogen-bond acceptors (Lipinski definition) is 8. The molecule has 0 bridgehead atoms. The Morgan fingerprint density at radius 2 is 1.72 bits per heavy atom. The van der Waals surface area contributed by atoms with Crippen LogP contribution in [-0.2, 0) is 14.8 Å². The van der Waals surface area contributed by atoms with Crippen molar-refractivity contribution >= 4 is 15.9 Å². The van der Waals surface area contributed by atoms with Crippen molar-refractivity contribution in [3.63, 3.8) is 0 Å². The Bertz CT molecular complexity index is 1030. The fourth-order valence-corrected chi connectivity index (χ4v) is 5.51. The zero-order chi connectivity index (χ0) is 22.4. The van der Waals surface area contributed by atoms with E-state index in [1.165, 1.54) is 0 Å². The van der Waals surface area contributed by atoms with E-state index in [1.807, 2.05) is 0 Å². The molecule has 2 fully saturated rings. The van der Waals surface area contributed by atoms with Crippen molar-refractivity contribution in [3.8, 4) is 17.5 Å². The van der Waals surface area contributed by atoms with E-state index in [0.717, 1.165) is 58.5 Å². The lowest BCUT2D eigenvalue weighted by atomic mass is 10.2. The van der Waals surface area contributed by atoms with Gasteiger partial charge in [0.2, 0.25) is 27.5 Å². The summed E-state index contributed by atoms with van der Waals surface area (Å²) in [6, 6.07) is 8.57. The fraction of sp³-hybridized carbons (Fsp3) is 0.545. The van der Waals surface area contributed by atoms with Crippen LogP contribution in [0.4, 0.5) is 5.88 Å². The molecule has 32 heavy (non-hydrogen) atoms. The molecule has 0 atom stereocenters. The number of nitrogens with zero attached hydrogens (tertiary/aromatic N) is 4. The molecule has 0 unspecified atom stereocenters. The van der Waals surface area contributed by atoms with Crippen LogP contribution >= 0.6 is 0 Å². The Kier molecular flexibility index (Phi) is 7.42. The highest BCUT2D eigenvalue weighted by Crippen LogP contribution is 2.27. The van der Waals surface area contributed by atoms with Crippen molar-refractivity contribution in [1.82, 2.24) is 14.2 Å². The van der Waals surface area contributed by atoms with E-state index in [4.69, 9.17) is 9.15 Å². The molecule has 3 heterocycles. The average molecular weight is 460 g/mol. The zero-order valence-corrected chi connectivity index (χ0v) is 18.9. The summed E-state index contributed by atoms with van der Waals surface area (Å²) in [5, 5.41) is 12.6. The monoisotopic (exact) mass is 459 g/mol. The first-order valence-electron chi connectivity index (χ1n) is 11.1. The van der Waals surface area contributed by atoms with Crippen LogP contribution in [-0.4, -0.2) is 75.1 Å². The van der Waals surface area contributed by atoms with Crippen LogP contribution in [0.3, 0.4) is 0 Å². The van der Waals surface area contributed by atoms with Gasteiger partial charge >= 0.3 is 0 Å². The van der Waals surface area contributed by atoms with E-state index in [2.05, 4.69) is 21.3 Å². The fourth-order valence-electron chi connectivity index (χ4n) is 3.99. The standard InChI is InChI=1S/C22H29N5O4S/c23-17-20-22(24-9-12-26-13-15-30-16-14-26)31-21(25-20)18-5-7-19(8-6-18)32(28,29)27-10-3-1-2-4-11-27/h5-8,24H,1-4,9-16H2. The predicted octanol–water partition coefficient (Wildman–Crippen LogP) is 2.52. The topological polar surface area (TPSA) is 112 Å². The molecule has 0 saturated carbocycles. The highest BCUT2D eigenvalue weighted by Gasteiger charge is 2.25. The van der Waals surface area contributed by atoms with E-state index in [0.29, 0.717) is 31.1 Å². The molecule has 2 aromatic rings. The summed E-state index contributed by atoms with van der Waals surface area (Å²) in [6.07, 6.45) is 3.93. The minimum absolute atomic E-state index is 0.184. The van der Waals surface area contributed by atoms with Gasteiger partial charge in [0.15, 0.2) is 0 Å². The molecule has 1 aromatic heterocycles. The van der Waals surface area contributed by atoms with Crippen molar-refractivity contribution in [2.75, 3.05) is 57.8 Å². The van der Waals surface area contributed by atoms with Crippen LogP contribution in [0.15, 0.2) is 33.6 Å². The van der Waals surface area contributed by atoms with Crippen molar-refractivity contribution in [3.05, 3.63) is 30.0 Å². The third kappa shape index (κ3) is 5.30. The van der Waals surface area contributed by atoms with E-state index in [-0.39, 0.29) is 16.5 Å². The van der Waals surface area contributed by atoms with Gasteiger partial charge in [0.1, 0.15) is 6.07 Å². The summed E-state index contributed by atoms with van der Waals surface area (Å²) < 4.78 is 38.6. The number of nitrogens with one attached hydrogen (secondary N) is 1. The minimum Gasteiger partial charge on any atom is -0.419 e. The molecule has 2 aliphatic heterocycles. The quantitative estimate of drug-likeness (QED) is 0.672. The number of aromatic nitrogens is 1. The van der Waals surface area contributed by atoms with Crippen LogP contribution in [0.5, 0.6) is 0 Å². The molecule has 172 valence electrons. The van der Waals surface area contributed by atoms with Crippen molar-refractivity contribution in [2.24, 2.45) is 0 Å². The van der Waals surface area contributed by atoms with Gasteiger partial charge in [0.25, 0.3) is 0 Å². The number of benzene rings is 1. The Morgan fingerprint density at radius 1 is 1.03 bits per heavy atom. The maximum atomic E-state index is 13.0. The lowest BCUT2D eigenvalue weighted by molar-refractivity contribution is 0.0398. The van der Waals surface area contributed by atoms with Gasteiger partial charge in [-0.05, 0) is 37.1 Å². The molecule has 10 heteroatoms. The molecule has 0 amide bonds. The Hall–Kier alpha value is -2.45. The number of morpholine rings is 1. The van der Waals surface area contributed by atoms with Crippen molar-refractivity contribution < 1.29 is 17.6 Å². The van der Waals surface area contributed by atoms with Gasteiger partial charge in [-0.1, -0.05) is 12.8 Å². The van der Waals surface area contributed by atoms with Crippen LogP contribution < -0.4 is 5.32 Å². The van der Waals surface area contributed by atoms with Gasteiger partial charge in [-0.3, -0.25) is 4.90 Å². The first-order chi connectivity index (χ1) is 15.6. The van der Waals surface area contributed by atoms with E-state index in [9.17, 15) is 13.7 Å².